The van der Waals surface area contributed by atoms with Crippen LogP contribution in [-0.2, 0) is 0 Å². The van der Waals surface area contributed by atoms with Gasteiger partial charge in [-0.05, 0) is 63.2 Å². The van der Waals surface area contributed by atoms with E-state index in [2.05, 4.69) is 43.4 Å². The van der Waals surface area contributed by atoms with E-state index in [0.29, 0.717) is 17.9 Å². The largest absolute Gasteiger partial charge is 0.434 e. The van der Waals surface area contributed by atoms with Crippen molar-refractivity contribution in [2.45, 2.75) is 25.1 Å². The van der Waals surface area contributed by atoms with Crippen molar-refractivity contribution in [3.8, 4) is 5.75 Å². The van der Waals surface area contributed by atoms with E-state index in [1.807, 2.05) is 24.3 Å². The highest BCUT2D eigenvalue weighted by molar-refractivity contribution is 14.1. The molecule has 134 valence electrons. The zero-order chi connectivity index (χ0) is 18.1. The van der Waals surface area contributed by atoms with Crippen molar-refractivity contribution in [1.82, 2.24) is 20.2 Å². The maximum Gasteiger partial charge on any atom is 0.387 e. The number of hydrogen-bond acceptors (Lipinski definition) is 5. The summed E-state index contributed by atoms with van der Waals surface area (Å²) in [4.78, 5) is 0. The van der Waals surface area contributed by atoms with Crippen LogP contribution in [-0.4, -0.2) is 26.8 Å². The first-order chi connectivity index (χ1) is 12.6. The molecule has 3 aromatic rings. The van der Waals surface area contributed by atoms with Gasteiger partial charge in [0.05, 0.1) is 12.1 Å². The fourth-order valence-corrected chi connectivity index (χ4v) is 3.53. The summed E-state index contributed by atoms with van der Waals surface area (Å²) in [6, 6.07) is 14.5. The minimum atomic E-state index is -2.89. The van der Waals surface area contributed by atoms with Gasteiger partial charge in [-0.15, -0.1) is 0 Å². The summed E-state index contributed by atoms with van der Waals surface area (Å²) in [6.07, 6.45) is 0.599. The number of hydrogen-bond donors (Lipinski definition) is 1. The molecule has 6 nitrogen and oxygen atoms in total. The fourth-order valence-electron chi connectivity index (χ4n) is 3.17. The number of rotatable bonds is 4. The monoisotopic (exact) mass is 469 g/mol. The lowest BCUT2D eigenvalue weighted by atomic mass is 9.93. The van der Waals surface area contributed by atoms with Crippen LogP contribution >= 0.6 is 22.6 Å². The topological polar surface area (TPSA) is 64.9 Å². The molecule has 1 aliphatic heterocycles. The van der Waals surface area contributed by atoms with Crippen molar-refractivity contribution in [3.05, 3.63) is 63.2 Å². The molecular formula is C17H14F2IN5O. The van der Waals surface area contributed by atoms with Gasteiger partial charge in [0.15, 0.2) is 0 Å². The molecule has 0 radical (unpaired) electrons. The summed E-state index contributed by atoms with van der Waals surface area (Å²) >= 11 is 2.25. The van der Waals surface area contributed by atoms with Crippen LogP contribution in [0.3, 0.4) is 0 Å². The highest BCUT2D eigenvalue weighted by Crippen LogP contribution is 2.40. The van der Waals surface area contributed by atoms with Gasteiger partial charge in [0, 0.05) is 9.13 Å². The Morgan fingerprint density at radius 1 is 1.15 bits per heavy atom. The molecule has 9 heteroatoms. The van der Waals surface area contributed by atoms with Crippen molar-refractivity contribution < 1.29 is 13.5 Å². The summed E-state index contributed by atoms with van der Waals surface area (Å²) in [5.41, 5.74) is 1.70. The molecule has 2 aromatic carbocycles. The molecule has 26 heavy (non-hydrogen) atoms. The molecule has 4 rings (SSSR count). The van der Waals surface area contributed by atoms with E-state index in [1.54, 1.807) is 22.9 Å². The van der Waals surface area contributed by atoms with Crippen molar-refractivity contribution in [2.75, 3.05) is 5.32 Å². The third-order valence-electron chi connectivity index (χ3n) is 4.32. The number of alkyl halides is 2. The quantitative estimate of drug-likeness (QED) is 0.585. The first-order valence-electron chi connectivity index (χ1n) is 7.95. The third kappa shape index (κ3) is 3.35. The van der Waals surface area contributed by atoms with Gasteiger partial charge in [-0.3, -0.25) is 0 Å². The minimum Gasteiger partial charge on any atom is -0.434 e. The number of ether oxygens (including phenoxy) is 1. The van der Waals surface area contributed by atoms with Crippen LogP contribution in [0.4, 0.5) is 14.7 Å². The van der Waals surface area contributed by atoms with Gasteiger partial charge in [0.2, 0.25) is 5.95 Å². The number of para-hydroxylation sites is 1. The highest BCUT2D eigenvalue weighted by atomic mass is 127. The summed E-state index contributed by atoms with van der Waals surface area (Å²) in [5.74, 6) is 0.633. The second kappa shape index (κ2) is 7.14. The van der Waals surface area contributed by atoms with Crippen LogP contribution in [0.15, 0.2) is 48.5 Å². The lowest BCUT2D eigenvalue weighted by molar-refractivity contribution is -0.0507. The first kappa shape index (κ1) is 17.1. The maximum atomic E-state index is 12.8. The van der Waals surface area contributed by atoms with E-state index in [4.69, 9.17) is 4.74 Å². The number of benzene rings is 2. The lowest BCUT2D eigenvalue weighted by Gasteiger charge is -2.31. The number of halogens is 3. The first-order valence-corrected chi connectivity index (χ1v) is 9.03. The SMILES string of the molecule is FC(F)Oc1ccccc1[C@H]1C[C@@H](c2ccc(I)cc2)Nc2nnnn21. The number of nitrogens with zero attached hydrogens (tertiary/aromatic N) is 4. The average Bonchev–Trinajstić information content (AvgIpc) is 3.10. The van der Waals surface area contributed by atoms with Gasteiger partial charge < -0.3 is 10.1 Å². The van der Waals surface area contributed by atoms with Crippen molar-refractivity contribution >= 4 is 28.5 Å². The smallest absolute Gasteiger partial charge is 0.387 e. The Morgan fingerprint density at radius 3 is 2.69 bits per heavy atom. The van der Waals surface area contributed by atoms with Crippen LogP contribution in [0.25, 0.3) is 0 Å². The van der Waals surface area contributed by atoms with Crippen LogP contribution < -0.4 is 10.1 Å². The number of anilines is 1. The number of nitrogens with one attached hydrogen (secondary N) is 1. The molecule has 1 N–H and O–H groups in total. The summed E-state index contributed by atoms with van der Waals surface area (Å²) < 4.78 is 33.1. The Balaban J connectivity index is 1.73. The zero-order valence-electron chi connectivity index (χ0n) is 13.4. The van der Waals surface area contributed by atoms with Crippen molar-refractivity contribution in [1.29, 1.82) is 0 Å². The Hall–Kier alpha value is -2.30. The number of fused-ring (bicyclic) bond motifs is 1. The second-order valence-corrected chi connectivity index (χ2v) is 7.11. The predicted octanol–water partition coefficient (Wildman–Crippen LogP) is 4.03. The van der Waals surface area contributed by atoms with Crippen LogP contribution in [0.2, 0.25) is 0 Å². The molecule has 0 spiro atoms. The molecule has 2 atom stereocenters. The molecule has 0 saturated heterocycles. The summed E-state index contributed by atoms with van der Waals surface area (Å²) in [6.45, 7) is -2.89. The molecule has 0 amide bonds. The molecule has 0 saturated carbocycles. The Morgan fingerprint density at radius 2 is 1.92 bits per heavy atom. The lowest BCUT2D eigenvalue weighted by Crippen LogP contribution is -2.28. The van der Waals surface area contributed by atoms with Gasteiger partial charge in [0.25, 0.3) is 0 Å². The minimum absolute atomic E-state index is 0.0462. The van der Waals surface area contributed by atoms with Gasteiger partial charge in [-0.2, -0.15) is 8.78 Å². The fraction of sp³-hybridized carbons (Fsp3) is 0.235. The average molecular weight is 469 g/mol. The Kier molecular flexibility index (Phi) is 4.70. The van der Waals surface area contributed by atoms with Crippen molar-refractivity contribution in [2.24, 2.45) is 0 Å². The number of aromatic nitrogens is 4. The van der Waals surface area contributed by atoms with E-state index in [-0.39, 0.29) is 17.8 Å². The molecular weight excluding hydrogens is 455 g/mol. The van der Waals surface area contributed by atoms with E-state index in [0.717, 1.165) is 9.13 Å². The molecule has 2 heterocycles. The van der Waals surface area contributed by atoms with Crippen molar-refractivity contribution in [3.63, 3.8) is 0 Å². The summed E-state index contributed by atoms with van der Waals surface area (Å²) in [5, 5.41) is 15.1. The van der Waals surface area contributed by atoms with E-state index in [1.165, 1.54) is 6.07 Å². The Bertz CT molecular complexity index is 902. The molecule has 0 unspecified atom stereocenters. The standard InChI is InChI=1S/C17H14F2IN5O/c18-16(19)26-15-4-2-1-3-12(15)14-9-13(10-5-7-11(20)8-6-10)21-17-22-23-24-25(14)17/h1-8,13-14,16H,9H2,(H,21,22,24)/t13-,14+/m0/s1. The molecule has 1 aliphatic rings. The normalized spacial score (nSPS) is 19.1. The zero-order valence-corrected chi connectivity index (χ0v) is 15.5. The number of tetrazole rings is 1. The van der Waals surface area contributed by atoms with Crippen LogP contribution in [0.1, 0.15) is 29.6 Å². The van der Waals surface area contributed by atoms with E-state index < -0.39 is 6.61 Å². The molecule has 0 bridgehead atoms. The summed E-state index contributed by atoms with van der Waals surface area (Å²) in [7, 11) is 0. The van der Waals surface area contributed by atoms with Gasteiger partial charge in [-0.1, -0.05) is 35.4 Å². The molecule has 1 aromatic heterocycles. The van der Waals surface area contributed by atoms with E-state index >= 15 is 0 Å². The van der Waals surface area contributed by atoms with E-state index in [9.17, 15) is 8.78 Å². The van der Waals surface area contributed by atoms with Gasteiger partial charge >= 0.3 is 6.61 Å². The highest BCUT2D eigenvalue weighted by Gasteiger charge is 2.32. The van der Waals surface area contributed by atoms with Gasteiger partial charge in [0.1, 0.15) is 5.75 Å². The third-order valence-corrected chi connectivity index (χ3v) is 5.04. The molecule has 0 fully saturated rings. The van der Waals surface area contributed by atoms with Crippen LogP contribution in [0.5, 0.6) is 5.75 Å². The molecule has 0 aliphatic carbocycles. The second-order valence-electron chi connectivity index (χ2n) is 5.86. The maximum absolute atomic E-state index is 12.8. The Labute approximate surface area is 161 Å². The van der Waals surface area contributed by atoms with Crippen LogP contribution in [0, 0.1) is 3.57 Å². The predicted molar refractivity (Wildman–Crippen MR) is 99.2 cm³/mol. The van der Waals surface area contributed by atoms with Gasteiger partial charge in [-0.25, -0.2) is 4.68 Å².